The van der Waals surface area contributed by atoms with Crippen molar-refractivity contribution in [3.8, 4) is 0 Å². The lowest BCUT2D eigenvalue weighted by molar-refractivity contribution is -0.526. The van der Waals surface area contributed by atoms with Gasteiger partial charge in [0.2, 0.25) is 0 Å². The van der Waals surface area contributed by atoms with Gasteiger partial charge < -0.3 is 42.1 Å². The minimum atomic E-state index is -1.75. The predicted molar refractivity (Wildman–Crippen MR) is 56.4 cm³/mol. The van der Waals surface area contributed by atoms with Crippen LogP contribution in [0, 0.1) is 30.6 Å². The smallest absolute Gasteiger partial charge is 0.356 e. The normalized spacial score (nSPS) is 7.18. The van der Waals surface area contributed by atoms with Crippen LogP contribution in [0.1, 0.15) is 0 Å². The Hall–Kier alpha value is -2.86. The maximum absolute atomic E-state index is 8.25. The van der Waals surface area contributed by atoms with Crippen molar-refractivity contribution < 1.29 is 19.7 Å². The van der Waals surface area contributed by atoms with Gasteiger partial charge in [-0.25, -0.2) is 5.73 Å². The van der Waals surface area contributed by atoms with Gasteiger partial charge in [-0.1, -0.05) is 0 Å². The SMILES string of the molecule is C[N+](C)=C(N)[NH+]=C(N)N.O=[N+]([O-])[O-].O=[N+]([O-])[O-]. The lowest BCUT2D eigenvalue weighted by Crippen LogP contribution is -2.86. The molecule has 7 N–H and O–H groups in total. The van der Waals surface area contributed by atoms with E-state index < -0.39 is 10.2 Å². The van der Waals surface area contributed by atoms with E-state index in [1.54, 1.807) is 18.7 Å². The molecule has 0 radical (unpaired) electrons. The lowest BCUT2D eigenvalue weighted by atomic mass is 10.9. The van der Waals surface area contributed by atoms with Gasteiger partial charge in [-0.2, -0.15) is 4.58 Å². The summed E-state index contributed by atoms with van der Waals surface area (Å²) in [4.78, 5) is 19.0. The molecule has 0 aliphatic heterocycles. The Balaban J connectivity index is -0.000000205. The summed E-state index contributed by atoms with van der Waals surface area (Å²) in [6.45, 7) is 0. The van der Waals surface area contributed by atoms with Crippen LogP contribution in [0.3, 0.4) is 0 Å². The first-order chi connectivity index (χ1) is 7.50. The highest BCUT2D eigenvalue weighted by atomic mass is 16.9. The third kappa shape index (κ3) is 61.7. The Morgan fingerprint density at radius 2 is 1.18 bits per heavy atom. The van der Waals surface area contributed by atoms with E-state index in [9.17, 15) is 0 Å². The minimum absolute atomic E-state index is 0.0983. The largest absolute Gasteiger partial charge is 0.518 e. The first kappa shape index (κ1) is 19.7. The minimum Gasteiger partial charge on any atom is -0.356 e. The highest BCUT2D eigenvalue weighted by Gasteiger charge is 2.03. The van der Waals surface area contributed by atoms with Crippen molar-refractivity contribution in [3.05, 3.63) is 30.6 Å². The van der Waals surface area contributed by atoms with Crippen molar-refractivity contribution in [2.75, 3.05) is 14.1 Å². The summed E-state index contributed by atoms with van der Waals surface area (Å²) < 4.78 is 1.67. The van der Waals surface area contributed by atoms with Crippen LogP contribution in [0.5, 0.6) is 0 Å². The number of hydrogen-bond donors (Lipinski definition) is 4. The second kappa shape index (κ2) is 11.2. The van der Waals surface area contributed by atoms with Crippen LogP contribution in [0.25, 0.3) is 0 Å². The van der Waals surface area contributed by atoms with E-state index in [2.05, 4.69) is 4.99 Å². The molecule has 0 aliphatic rings. The zero-order valence-corrected chi connectivity index (χ0v) is 9.02. The molecule has 0 aromatic heterocycles. The maximum Gasteiger partial charge on any atom is 0.518 e. The van der Waals surface area contributed by atoms with E-state index in [-0.39, 0.29) is 5.96 Å². The molecule has 0 saturated heterocycles. The quantitative estimate of drug-likeness (QED) is 0.107. The number of nitrogens with zero attached hydrogens (tertiary/aromatic N) is 3. The molecule has 0 atom stereocenters. The Labute approximate surface area is 94.7 Å². The number of nitrogens with two attached hydrogens (primary N) is 3. The van der Waals surface area contributed by atoms with Crippen molar-refractivity contribution in [3.63, 3.8) is 0 Å². The molecule has 0 heterocycles. The van der Waals surface area contributed by atoms with Gasteiger partial charge in [0.15, 0.2) is 0 Å². The molecule has 0 spiro atoms. The second-order valence-electron chi connectivity index (χ2n) is 2.31. The van der Waals surface area contributed by atoms with E-state index in [0.717, 1.165) is 0 Å². The Morgan fingerprint density at radius 3 is 1.24 bits per heavy atom. The van der Waals surface area contributed by atoms with E-state index in [1.165, 1.54) is 0 Å². The van der Waals surface area contributed by atoms with Crippen molar-refractivity contribution in [2.45, 2.75) is 0 Å². The van der Waals surface area contributed by atoms with E-state index >= 15 is 0 Å². The molecule has 13 heteroatoms. The van der Waals surface area contributed by atoms with Gasteiger partial charge in [-0.05, 0) is 0 Å². The van der Waals surface area contributed by atoms with Gasteiger partial charge in [0.1, 0.15) is 14.1 Å². The zero-order valence-electron chi connectivity index (χ0n) is 9.02. The van der Waals surface area contributed by atoms with Crippen molar-refractivity contribution >= 4 is 11.9 Å². The van der Waals surface area contributed by atoms with E-state index in [4.69, 9.17) is 47.8 Å². The van der Waals surface area contributed by atoms with Gasteiger partial charge >= 0.3 is 5.96 Å². The highest BCUT2D eigenvalue weighted by Crippen LogP contribution is 1.45. The molecule has 0 rings (SSSR count). The van der Waals surface area contributed by atoms with Gasteiger partial charge in [0, 0.05) is 0 Å². The van der Waals surface area contributed by atoms with Gasteiger partial charge in [0.05, 0.1) is 10.2 Å². The lowest BCUT2D eigenvalue weighted by Gasteiger charge is -1.84. The van der Waals surface area contributed by atoms with Crippen molar-refractivity contribution in [2.24, 2.45) is 17.2 Å². The molecule has 0 aromatic carbocycles. The molecule has 0 unspecified atom stereocenters. The van der Waals surface area contributed by atoms with Crippen LogP contribution < -0.4 is 22.2 Å². The topological polar surface area (TPSA) is 227 Å². The molecular formula is C4H13N7O6. The fraction of sp³-hybridized carbons (Fsp3) is 0.500. The summed E-state index contributed by atoms with van der Waals surface area (Å²) in [6.07, 6.45) is 0. The van der Waals surface area contributed by atoms with Crippen LogP contribution in [-0.2, 0) is 0 Å². The first-order valence-electron chi connectivity index (χ1n) is 3.58. The molecular weight excluding hydrogens is 242 g/mol. The molecule has 0 bridgehead atoms. The highest BCUT2D eigenvalue weighted by molar-refractivity contribution is 5.75. The summed E-state index contributed by atoms with van der Waals surface area (Å²) >= 11 is 0. The van der Waals surface area contributed by atoms with Crippen molar-refractivity contribution in [1.82, 2.24) is 0 Å². The van der Waals surface area contributed by atoms with Gasteiger partial charge in [0.25, 0.3) is 5.96 Å². The van der Waals surface area contributed by atoms with Crippen LogP contribution in [-0.4, -0.2) is 40.8 Å². The van der Waals surface area contributed by atoms with Crippen molar-refractivity contribution in [1.29, 1.82) is 0 Å². The Kier molecular flexibility index (Phi) is 13.0. The average Bonchev–Trinajstić information content (AvgIpc) is 1.99. The predicted octanol–water partition coefficient (Wildman–Crippen LogP) is -4.55. The van der Waals surface area contributed by atoms with E-state index in [1.807, 2.05) is 0 Å². The number of guanidine groups is 2. The summed E-state index contributed by atoms with van der Waals surface area (Å²) in [7, 11) is 3.57. The summed E-state index contributed by atoms with van der Waals surface area (Å²) in [6, 6.07) is 0. The number of hydrogen-bond acceptors (Lipinski definition) is 6. The average molecular weight is 255 g/mol. The van der Waals surface area contributed by atoms with E-state index in [0.29, 0.717) is 5.96 Å². The fourth-order valence-electron chi connectivity index (χ4n) is 0.260. The second-order valence-corrected chi connectivity index (χ2v) is 2.31. The monoisotopic (exact) mass is 255 g/mol. The maximum atomic E-state index is 8.25. The summed E-state index contributed by atoms with van der Waals surface area (Å²) in [5.74, 6) is 0.524. The van der Waals surface area contributed by atoms with Crippen LogP contribution >= 0.6 is 0 Å². The van der Waals surface area contributed by atoms with Crippen LogP contribution in [0.15, 0.2) is 0 Å². The third-order valence-corrected chi connectivity index (χ3v) is 0.754. The zero-order chi connectivity index (χ0) is 14.6. The van der Waals surface area contributed by atoms with Gasteiger partial charge in [-0.15, -0.1) is 4.99 Å². The standard InChI is InChI=1S/C4H11N5.2NO3/c1-9(2)4(7)8-3(5)6;2*2-1(3)4/h1-2H3,(H5,5,6,7,8);;/q;2*-1/p+2. The molecule has 0 amide bonds. The Morgan fingerprint density at radius 1 is 0.941 bits per heavy atom. The summed E-state index contributed by atoms with van der Waals surface area (Å²) in [5.41, 5.74) is 15.5. The number of rotatable bonds is 0. The molecule has 13 nitrogen and oxygen atoms in total. The van der Waals surface area contributed by atoms with Gasteiger partial charge in [-0.3, -0.25) is 0 Å². The third-order valence-electron chi connectivity index (χ3n) is 0.754. The van der Waals surface area contributed by atoms with Crippen LogP contribution in [0.4, 0.5) is 0 Å². The number of nitrogens with one attached hydrogen (secondary N) is 1. The molecule has 0 fully saturated rings. The van der Waals surface area contributed by atoms with Crippen LogP contribution in [0.2, 0.25) is 0 Å². The fourth-order valence-corrected chi connectivity index (χ4v) is 0.260. The summed E-state index contributed by atoms with van der Waals surface area (Å²) in [5, 5.41) is 29.5. The Bertz CT molecular complexity index is 283. The molecule has 0 aliphatic carbocycles. The molecule has 0 aromatic rings. The molecule has 17 heavy (non-hydrogen) atoms. The first-order valence-corrected chi connectivity index (χ1v) is 3.58. The molecule has 100 valence electrons. The molecule has 0 saturated carbocycles.